The normalized spacial score (nSPS) is 11.6. The lowest BCUT2D eigenvalue weighted by molar-refractivity contribution is 0.0951. The number of hydrogen-bond acceptors (Lipinski definition) is 5. The highest BCUT2D eigenvalue weighted by Gasteiger charge is 2.20. The Hall–Kier alpha value is -4.52. The monoisotopic (exact) mass is 464 g/mol. The molecule has 0 aliphatic heterocycles. The van der Waals surface area contributed by atoms with Crippen LogP contribution < -0.4 is 11.1 Å². The summed E-state index contributed by atoms with van der Waals surface area (Å²) < 4.78 is 20.4. The molecule has 172 valence electrons. The van der Waals surface area contributed by atoms with Gasteiger partial charge >= 0.3 is 0 Å². The van der Waals surface area contributed by atoms with Crippen molar-refractivity contribution in [1.82, 2.24) is 15.3 Å². The number of benzene rings is 3. The van der Waals surface area contributed by atoms with Crippen molar-refractivity contribution in [3.05, 3.63) is 89.1 Å². The highest BCUT2D eigenvalue weighted by molar-refractivity contribution is 6.26. The number of nitrogens with one attached hydrogen (secondary N) is 1. The number of furan rings is 2. The molecule has 6 rings (SSSR count). The van der Waals surface area contributed by atoms with Crippen molar-refractivity contribution in [2.24, 2.45) is 0 Å². The first-order valence-electron chi connectivity index (χ1n) is 11.2. The van der Waals surface area contributed by atoms with E-state index in [1.807, 2.05) is 44.2 Å². The Balaban J connectivity index is 1.34. The van der Waals surface area contributed by atoms with E-state index >= 15 is 0 Å². The topological polar surface area (TPSA) is 94.0 Å². The Morgan fingerprint density at radius 3 is 2.49 bits per heavy atom. The number of amides is 1. The quantitative estimate of drug-likeness (QED) is 0.317. The summed E-state index contributed by atoms with van der Waals surface area (Å²) >= 11 is 0. The van der Waals surface area contributed by atoms with Gasteiger partial charge in [-0.2, -0.15) is 0 Å². The number of nitrogens with two attached hydrogens (primary N) is 1. The number of nitrogens with zero attached hydrogens (tertiary/aromatic N) is 2. The fourth-order valence-corrected chi connectivity index (χ4v) is 4.82. The summed E-state index contributed by atoms with van der Waals surface area (Å²) in [6, 6.07) is 14.7. The second-order valence-electron chi connectivity index (χ2n) is 8.75. The molecule has 7 heteroatoms. The molecular weight excluding hydrogens is 443 g/mol. The SMILES string of the molecule is Cc1cc(N)nc(C)c1CNC(=O)c1ccc2c(c1)c1oc2c2cc(-c3ccncc3F)ccc21. The molecule has 2 aromatic carbocycles. The second-order valence-corrected chi connectivity index (χ2v) is 8.75. The summed E-state index contributed by atoms with van der Waals surface area (Å²) in [5.74, 6) is -0.0810. The number of hydrogen-bond donors (Lipinski definition) is 2. The molecule has 4 heterocycles. The van der Waals surface area contributed by atoms with Gasteiger partial charge in [0.1, 0.15) is 22.8 Å². The molecule has 0 radical (unpaired) electrons. The molecule has 0 aliphatic rings. The average molecular weight is 465 g/mol. The van der Waals surface area contributed by atoms with Crippen LogP contribution in [0.25, 0.3) is 43.8 Å². The van der Waals surface area contributed by atoms with Crippen molar-refractivity contribution in [3.8, 4) is 11.1 Å². The minimum atomic E-state index is -0.370. The molecule has 6 nitrogen and oxygen atoms in total. The van der Waals surface area contributed by atoms with E-state index in [0.29, 0.717) is 23.5 Å². The standard InChI is InChI=1S/C28H21FN4O2/c1-14-9-25(30)33-15(2)23(14)12-32-28(34)17-4-6-20-22(11-17)27-19-5-3-16(10-21(19)26(20)35-27)18-7-8-31-13-24(18)29/h3-11,13H,12H2,1-2H3,(H2,30,33)(H,32,34). The van der Waals surface area contributed by atoms with Gasteiger partial charge in [0.25, 0.3) is 5.91 Å². The van der Waals surface area contributed by atoms with Gasteiger partial charge in [-0.15, -0.1) is 0 Å². The number of rotatable bonds is 4. The molecule has 0 aliphatic carbocycles. The number of fused-ring (bicyclic) bond motifs is 8. The van der Waals surface area contributed by atoms with Gasteiger partial charge in [-0.05, 0) is 73.0 Å². The number of halogens is 1. The first-order chi connectivity index (χ1) is 16.9. The van der Waals surface area contributed by atoms with Gasteiger partial charge < -0.3 is 15.5 Å². The largest absolute Gasteiger partial charge is 0.455 e. The lowest BCUT2D eigenvalue weighted by Gasteiger charge is -2.11. The van der Waals surface area contributed by atoms with Crippen LogP contribution in [0.5, 0.6) is 0 Å². The number of carbonyl (C=O) groups excluding carboxylic acids is 1. The van der Waals surface area contributed by atoms with E-state index in [-0.39, 0.29) is 11.7 Å². The van der Waals surface area contributed by atoms with E-state index in [2.05, 4.69) is 15.3 Å². The number of aryl methyl sites for hydroxylation is 2. The summed E-state index contributed by atoms with van der Waals surface area (Å²) in [5, 5.41) is 6.64. The lowest BCUT2D eigenvalue weighted by atomic mass is 9.98. The number of aromatic nitrogens is 2. The minimum absolute atomic E-state index is 0.180. The summed E-state index contributed by atoms with van der Waals surface area (Å²) in [7, 11) is 0. The molecule has 35 heavy (non-hydrogen) atoms. The fourth-order valence-electron chi connectivity index (χ4n) is 4.82. The van der Waals surface area contributed by atoms with Gasteiger partial charge in [0, 0.05) is 51.1 Å². The maximum atomic E-state index is 14.3. The highest BCUT2D eigenvalue weighted by atomic mass is 19.1. The maximum absolute atomic E-state index is 14.3. The third-order valence-electron chi connectivity index (χ3n) is 6.57. The number of pyridine rings is 2. The Morgan fingerprint density at radius 2 is 1.74 bits per heavy atom. The van der Waals surface area contributed by atoms with E-state index in [4.69, 9.17) is 10.2 Å². The van der Waals surface area contributed by atoms with Crippen molar-refractivity contribution in [3.63, 3.8) is 0 Å². The van der Waals surface area contributed by atoms with Gasteiger partial charge in [0.2, 0.25) is 0 Å². The first kappa shape index (κ1) is 21.0. The van der Waals surface area contributed by atoms with Crippen LogP contribution in [0.15, 0.2) is 65.3 Å². The Morgan fingerprint density at radius 1 is 1.00 bits per heavy atom. The van der Waals surface area contributed by atoms with Crippen LogP contribution in [0.3, 0.4) is 0 Å². The summed E-state index contributed by atoms with van der Waals surface area (Å²) in [4.78, 5) is 21.1. The van der Waals surface area contributed by atoms with Gasteiger partial charge in [-0.3, -0.25) is 9.78 Å². The van der Waals surface area contributed by atoms with E-state index < -0.39 is 0 Å². The zero-order valence-electron chi connectivity index (χ0n) is 19.1. The second kappa shape index (κ2) is 7.77. The molecule has 0 fully saturated rings. The van der Waals surface area contributed by atoms with Crippen LogP contribution in [0.1, 0.15) is 27.2 Å². The molecule has 2 bridgehead atoms. The van der Waals surface area contributed by atoms with E-state index in [1.165, 1.54) is 6.20 Å². The molecule has 1 amide bonds. The Bertz CT molecular complexity index is 1750. The molecular formula is C28H21FN4O2. The van der Waals surface area contributed by atoms with Crippen molar-refractivity contribution in [2.75, 3.05) is 5.73 Å². The van der Waals surface area contributed by atoms with Crippen LogP contribution in [0.2, 0.25) is 0 Å². The maximum Gasteiger partial charge on any atom is 0.251 e. The van der Waals surface area contributed by atoms with Gasteiger partial charge in [-0.1, -0.05) is 6.07 Å². The Kier molecular flexibility index (Phi) is 4.67. The zero-order chi connectivity index (χ0) is 24.3. The van der Waals surface area contributed by atoms with Gasteiger partial charge in [0.05, 0.1) is 6.20 Å². The number of nitrogen functional groups attached to an aromatic ring is 1. The fraction of sp³-hybridized carbons (Fsp3) is 0.107. The van der Waals surface area contributed by atoms with Crippen LogP contribution >= 0.6 is 0 Å². The Labute approximate surface area is 199 Å². The third kappa shape index (κ3) is 3.35. The van der Waals surface area contributed by atoms with Crippen LogP contribution in [-0.4, -0.2) is 15.9 Å². The number of anilines is 1. The summed E-state index contributed by atoms with van der Waals surface area (Å²) in [5.41, 5.74) is 11.8. The van der Waals surface area contributed by atoms with Gasteiger partial charge in [-0.25, -0.2) is 9.37 Å². The van der Waals surface area contributed by atoms with Crippen LogP contribution in [0.4, 0.5) is 10.2 Å². The van der Waals surface area contributed by atoms with Crippen molar-refractivity contribution < 1.29 is 13.6 Å². The van der Waals surface area contributed by atoms with Crippen molar-refractivity contribution in [2.45, 2.75) is 20.4 Å². The van der Waals surface area contributed by atoms with Gasteiger partial charge in [0.15, 0.2) is 0 Å². The molecule has 0 saturated heterocycles. The summed E-state index contributed by atoms with van der Waals surface area (Å²) in [6.07, 6.45) is 2.78. The van der Waals surface area contributed by atoms with Crippen molar-refractivity contribution >= 4 is 44.4 Å². The zero-order valence-corrected chi connectivity index (χ0v) is 19.1. The van der Waals surface area contributed by atoms with E-state index in [1.54, 1.807) is 24.4 Å². The average Bonchev–Trinajstić information content (AvgIpc) is 3.40. The lowest BCUT2D eigenvalue weighted by Crippen LogP contribution is -2.24. The van der Waals surface area contributed by atoms with Crippen LogP contribution in [-0.2, 0) is 6.54 Å². The molecule has 3 N–H and O–H groups in total. The van der Waals surface area contributed by atoms with E-state index in [0.717, 1.165) is 55.1 Å². The smallest absolute Gasteiger partial charge is 0.251 e. The predicted molar refractivity (Wildman–Crippen MR) is 135 cm³/mol. The third-order valence-corrected chi connectivity index (χ3v) is 6.57. The minimum Gasteiger partial charge on any atom is -0.455 e. The highest BCUT2D eigenvalue weighted by Crippen LogP contribution is 2.42. The molecule has 0 spiro atoms. The van der Waals surface area contributed by atoms with Crippen LogP contribution in [0, 0.1) is 19.7 Å². The first-order valence-corrected chi connectivity index (χ1v) is 11.2. The molecule has 0 atom stereocenters. The molecule has 0 saturated carbocycles. The van der Waals surface area contributed by atoms with Crippen molar-refractivity contribution in [1.29, 1.82) is 0 Å². The molecule has 0 unspecified atom stereocenters. The summed E-state index contributed by atoms with van der Waals surface area (Å²) in [6.45, 7) is 4.20. The molecule has 4 aromatic heterocycles. The predicted octanol–water partition coefficient (Wildman–Crippen LogP) is 5.90. The number of carbonyl (C=O) groups is 1. The van der Waals surface area contributed by atoms with E-state index in [9.17, 15) is 9.18 Å². The molecule has 6 aromatic rings.